The lowest BCUT2D eigenvalue weighted by atomic mass is 9.99. The monoisotopic (exact) mass is 337 g/mol. The number of hydrogen-bond acceptors (Lipinski definition) is 4. The van der Waals surface area contributed by atoms with Crippen molar-refractivity contribution in [2.45, 2.75) is 19.8 Å². The van der Waals surface area contributed by atoms with Gasteiger partial charge in [-0.25, -0.2) is 0 Å². The number of halogens is 1. The molecule has 0 aliphatic carbocycles. The van der Waals surface area contributed by atoms with Crippen molar-refractivity contribution in [2.75, 3.05) is 0 Å². The molecular formula is C14H12BrNO4. The second-order valence-corrected chi connectivity index (χ2v) is 5.48. The van der Waals surface area contributed by atoms with E-state index < -0.39 is 4.92 Å². The summed E-state index contributed by atoms with van der Waals surface area (Å²) in [4.78, 5) is 21.5. The first-order valence-corrected chi connectivity index (χ1v) is 6.76. The van der Waals surface area contributed by atoms with Crippen molar-refractivity contribution in [3.05, 3.63) is 50.2 Å². The van der Waals surface area contributed by atoms with Gasteiger partial charge < -0.3 is 4.42 Å². The molecule has 1 aromatic carbocycles. The van der Waals surface area contributed by atoms with Gasteiger partial charge in [-0.2, -0.15) is 0 Å². The van der Waals surface area contributed by atoms with Crippen LogP contribution < -0.4 is 0 Å². The topological polar surface area (TPSA) is 73.3 Å². The average molecular weight is 338 g/mol. The van der Waals surface area contributed by atoms with E-state index in [1.54, 1.807) is 6.07 Å². The molecule has 0 spiro atoms. The summed E-state index contributed by atoms with van der Waals surface area (Å²) >= 11 is 3.35. The SMILES string of the molecule is CC(C)c1cc(Br)c(-c2ccc(C=O)o2)c([N+](=O)[O-])c1. The van der Waals surface area contributed by atoms with Crippen LogP contribution in [0.15, 0.2) is 33.2 Å². The minimum absolute atomic E-state index is 0.0464. The third-order valence-electron chi connectivity index (χ3n) is 2.94. The number of aldehydes is 1. The van der Waals surface area contributed by atoms with Gasteiger partial charge >= 0.3 is 0 Å². The predicted octanol–water partition coefficient (Wildman–Crippen LogP) is 4.55. The number of nitro groups is 1. The molecule has 20 heavy (non-hydrogen) atoms. The van der Waals surface area contributed by atoms with Crippen molar-refractivity contribution < 1.29 is 14.1 Å². The van der Waals surface area contributed by atoms with Crippen LogP contribution in [0.5, 0.6) is 0 Å². The van der Waals surface area contributed by atoms with Gasteiger partial charge in [-0.1, -0.05) is 13.8 Å². The molecule has 1 aromatic heterocycles. The highest BCUT2D eigenvalue weighted by Crippen LogP contribution is 2.39. The zero-order valence-corrected chi connectivity index (χ0v) is 12.5. The first-order valence-electron chi connectivity index (χ1n) is 5.97. The third-order valence-corrected chi connectivity index (χ3v) is 3.57. The summed E-state index contributed by atoms with van der Waals surface area (Å²) in [6.45, 7) is 3.92. The standard InChI is InChI=1S/C14H12BrNO4/c1-8(2)9-5-11(15)14(12(6-9)16(18)19)13-4-3-10(7-17)20-13/h3-8H,1-2H3. The van der Waals surface area contributed by atoms with Gasteiger partial charge in [-0.05, 0) is 45.6 Å². The molecule has 0 bridgehead atoms. The van der Waals surface area contributed by atoms with Crippen molar-refractivity contribution in [3.63, 3.8) is 0 Å². The quantitative estimate of drug-likeness (QED) is 0.466. The zero-order valence-electron chi connectivity index (χ0n) is 10.9. The highest BCUT2D eigenvalue weighted by atomic mass is 79.9. The van der Waals surface area contributed by atoms with Crippen LogP contribution in [-0.4, -0.2) is 11.2 Å². The molecule has 0 N–H and O–H groups in total. The Bertz CT molecular complexity index is 676. The number of rotatable bonds is 4. The number of nitro benzene ring substituents is 1. The molecular weight excluding hydrogens is 326 g/mol. The van der Waals surface area contributed by atoms with E-state index in [4.69, 9.17) is 4.42 Å². The van der Waals surface area contributed by atoms with Crippen molar-refractivity contribution in [1.82, 2.24) is 0 Å². The van der Waals surface area contributed by atoms with E-state index in [1.807, 2.05) is 19.9 Å². The van der Waals surface area contributed by atoms with E-state index in [9.17, 15) is 14.9 Å². The van der Waals surface area contributed by atoms with E-state index in [1.165, 1.54) is 12.1 Å². The second kappa shape index (κ2) is 5.58. The van der Waals surface area contributed by atoms with Gasteiger partial charge in [0, 0.05) is 10.5 Å². The van der Waals surface area contributed by atoms with Crippen molar-refractivity contribution in [1.29, 1.82) is 0 Å². The molecule has 0 atom stereocenters. The van der Waals surface area contributed by atoms with Gasteiger partial charge in [0.1, 0.15) is 11.3 Å². The van der Waals surface area contributed by atoms with Crippen molar-refractivity contribution in [2.24, 2.45) is 0 Å². The van der Waals surface area contributed by atoms with Crippen LogP contribution in [-0.2, 0) is 0 Å². The average Bonchev–Trinajstić information content (AvgIpc) is 2.85. The summed E-state index contributed by atoms with van der Waals surface area (Å²) < 4.78 is 5.86. The molecule has 1 heterocycles. The normalized spacial score (nSPS) is 10.8. The lowest BCUT2D eigenvalue weighted by molar-refractivity contribution is -0.384. The fourth-order valence-electron chi connectivity index (χ4n) is 1.88. The molecule has 6 heteroatoms. The summed E-state index contributed by atoms with van der Waals surface area (Å²) in [6.07, 6.45) is 0.561. The molecule has 0 saturated carbocycles. The first-order chi connectivity index (χ1) is 9.43. The molecule has 2 aromatic rings. The first kappa shape index (κ1) is 14.5. The van der Waals surface area contributed by atoms with Crippen LogP contribution in [0, 0.1) is 10.1 Å². The lowest BCUT2D eigenvalue weighted by Crippen LogP contribution is -1.96. The maximum absolute atomic E-state index is 11.3. The molecule has 0 saturated heterocycles. The Morgan fingerprint density at radius 3 is 2.55 bits per heavy atom. The summed E-state index contributed by atoms with van der Waals surface area (Å²) in [6, 6.07) is 6.39. The Balaban J connectivity index is 2.68. The molecule has 5 nitrogen and oxygen atoms in total. The third kappa shape index (κ3) is 2.65. The minimum atomic E-state index is -0.449. The second-order valence-electron chi connectivity index (χ2n) is 4.63. The Hall–Kier alpha value is -1.95. The summed E-state index contributed by atoms with van der Waals surface area (Å²) in [5.74, 6) is 0.594. The van der Waals surface area contributed by atoms with Crippen LogP contribution in [0.2, 0.25) is 0 Å². The maximum atomic E-state index is 11.3. The fraction of sp³-hybridized carbons (Fsp3) is 0.214. The minimum Gasteiger partial charge on any atom is -0.453 e. The molecule has 0 aliphatic rings. The largest absolute Gasteiger partial charge is 0.453 e. The zero-order chi connectivity index (χ0) is 14.9. The molecule has 0 amide bonds. The van der Waals surface area contributed by atoms with Gasteiger partial charge in [0.05, 0.1) is 4.92 Å². The van der Waals surface area contributed by atoms with Crippen molar-refractivity contribution >= 4 is 27.9 Å². The molecule has 2 rings (SSSR count). The number of furan rings is 1. The van der Waals surface area contributed by atoms with Crippen LogP contribution in [0.1, 0.15) is 35.9 Å². The molecule has 0 unspecified atom stereocenters. The van der Waals surface area contributed by atoms with Gasteiger partial charge in [0.15, 0.2) is 12.0 Å². The highest BCUT2D eigenvalue weighted by molar-refractivity contribution is 9.10. The predicted molar refractivity (Wildman–Crippen MR) is 78.0 cm³/mol. The van der Waals surface area contributed by atoms with Crippen molar-refractivity contribution in [3.8, 4) is 11.3 Å². The maximum Gasteiger partial charge on any atom is 0.281 e. The lowest BCUT2D eigenvalue weighted by Gasteiger charge is -2.09. The van der Waals surface area contributed by atoms with Gasteiger partial charge in [-0.15, -0.1) is 0 Å². The van der Waals surface area contributed by atoms with E-state index in [-0.39, 0.29) is 17.4 Å². The Morgan fingerprint density at radius 1 is 1.35 bits per heavy atom. The number of hydrogen-bond donors (Lipinski definition) is 0. The van der Waals surface area contributed by atoms with Crippen LogP contribution in [0.3, 0.4) is 0 Å². The van der Waals surface area contributed by atoms with Crippen LogP contribution in [0.4, 0.5) is 5.69 Å². The Morgan fingerprint density at radius 2 is 2.05 bits per heavy atom. The number of carbonyl (C=O) groups excluding carboxylic acids is 1. The van der Waals surface area contributed by atoms with E-state index >= 15 is 0 Å². The Kier molecular flexibility index (Phi) is 4.04. The van der Waals surface area contributed by atoms with E-state index in [0.717, 1.165) is 5.56 Å². The van der Waals surface area contributed by atoms with Crippen LogP contribution in [0.25, 0.3) is 11.3 Å². The summed E-state index contributed by atoms with van der Waals surface area (Å²) in [5, 5.41) is 11.3. The molecule has 0 fully saturated rings. The molecule has 0 aliphatic heterocycles. The summed E-state index contributed by atoms with van der Waals surface area (Å²) in [7, 11) is 0. The van der Waals surface area contributed by atoms with Gasteiger partial charge in [0.2, 0.25) is 0 Å². The Labute approximate surface area is 123 Å². The molecule has 104 valence electrons. The summed E-state index contributed by atoms with van der Waals surface area (Å²) in [5.41, 5.74) is 1.15. The van der Waals surface area contributed by atoms with Gasteiger partial charge in [0.25, 0.3) is 5.69 Å². The molecule has 0 radical (unpaired) electrons. The number of benzene rings is 1. The van der Waals surface area contributed by atoms with E-state index in [0.29, 0.717) is 22.1 Å². The van der Waals surface area contributed by atoms with E-state index in [2.05, 4.69) is 15.9 Å². The highest BCUT2D eigenvalue weighted by Gasteiger charge is 2.23. The number of nitrogens with zero attached hydrogens (tertiary/aromatic N) is 1. The smallest absolute Gasteiger partial charge is 0.281 e. The van der Waals surface area contributed by atoms with Gasteiger partial charge in [-0.3, -0.25) is 14.9 Å². The fourth-order valence-corrected chi connectivity index (χ4v) is 2.55. The number of carbonyl (C=O) groups is 1. The van der Waals surface area contributed by atoms with Crippen LogP contribution >= 0.6 is 15.9 Å².